The predicted octanol–water partition coefficient (Wildman–Crippen LogP) is 3.09. The van der Waals surface area contributed by atoms with Crippen molar-refractivity contribution in [1.29, 1.82) is 0 Å². The third-order valence-electron chi connectivity index (χ3n) is 4.95. The topological polar surface area (TPSA) is 69.7 Å². The lowest BCUT2D eigenvalue weighted by Gasteiger charge is -2.35. The van der Waals surface area contributed by atoms with Gasteiger partial charge in [-0.1, -0.05) is 30.7 Å². The highest BCUT2D eigenvalue weighted by atomic mass is 32.2. The van der Waals surface area contributed by atoms with E-state index in [2.05, 4.69) is 22.3 Å². The molecule has 1 unspecified atom stereocenters. The van der Waals surface area contributed by atoms with Gasteiger partial charge < -0.3 is 10.2 Å². The number of nitrogens with zero attached hydrogens (tertiary/aromatic N) is 2. The van der Waals surface area contributed by atoms with Crippen LogP contribution in [-0.4, -0.2) is 51.2 Å². The summed E-state index contributed by atoms with van der Waals surface area (Å²) in [5, 5.41) is 4.10. The van der Waals surface area contributed by atoms with Gasteiger partial charge in [-0.2, -0.15) is 4.31 Å². The minimum atomic E-state index is -3.65. The lowest BCUT2D eigenvalue weighted by atomic mass is 9.96. The van der Waals surface area contributed by atoms with Crippen molar-refractivity contribution in [2.45, 2.75) is 36.7 Å². The van der Waals surface area contributed by atoms with Gasteiger partial charge in [-0.15, -0.1) is 11.3 Å². The Labute approximate surface area is 171 Å². The van der Waals surface area contributed by atoms with Gasteiger partial charge in [0.15, 0.2) is 0 Å². The summed E-state index contributed by atoms with van der Waals surface area (Å²) in [5.74, 6) is -0.266. The third-order valence-corrected chi connectivity index (χ3v) is 7.91. The minimum absolute atomic E-state index is 0.171. The molecule has 1 N–H and O–H groups in total. The van der Waals surface area contributed by atoms with Crippen molar-refractivity contribution < 1.29 is 13.2 Å². The maximum absolute atomic E-state index is 13.3. The van der Waals surface area contributed by atoms with Crippen LogP contribution < -0.4 is 5.32 Å². The highest BCUT2D eigenvalue weighted by molar-refractivity contribution is 7.89. The Hall–Kier alpha value is -1.74. The van der Waals surface area contributed by atoms with E-state index in [9.17, 15) is 13.2 Å². The molecule has 8 heteroatoms. The van der Waals surface area contributed by atoms with Crippen LogP contribution in [0.2, 0.25) is 0 Å². The van der Waals surface area contributed by atoms with Gasteiger partial charge >= 0.3 is 0 Å². The van der Waals surface area contributed by atoms with Crippen LogP contribution in [-0.2, 0) is 16.6 Å². The molecule has 1 atom stereocenters. The smallest absolute Gasteiger partial charge is 0.261 e. The summed E-state index contributed by atoms with van der Waals surface area (Å²) >= 11 is 1.16. The molecule has 1 aromatic carbocycles. The lowest BCUT2D eigenvalue weighted by molar-refractivity contribution is 0.0967. The van der Waals surface area contributed by atoms with Crippen molar-refractivity contribution >= 4 is 27.3 Å². The first-order chi connectivity index (χ1) is 13.3. The number of rotatable bonds is 6. The summed E-state index contributed by atoms with van der Waals surface area (Å²) in [4.78, 5) is 14.5. The molecule has 0 spiro atoms. The average molecular weight is 422 g/mol. The summed E-state index contributed by atoms with van der Waals surface area (Å²) in [5.41, 5.74) is 2.22. The number of carbonyl (C=O) groups is 1. The molecule has 1 aromatic heterocycles. The Bertz CT molecular complexity index is 920. The summed E-state index contributed by atoms with van der Waals surface area (Å²) in [6, 6.07) is 9.54. The van der Waals surface area contributed by atoms with Gasteiger partial charge in [0, 0.05) is 25.5 Å². The normalized spacial score (nSPS) is 18.4. The maximum Gasteiger partial charge on any atom is 0.261 e. The first kappa shape index (κ1) is 21.0. The second-order valence-corrected chi connectivity index (χ2v) is 10.1. The van der Waals surface area contributed by atoms with Crippen molar-refractivity contribution in [3.05, 3.63) is 51.7 Å². The first-order valence-electron chi connectivity index (χ1n) is 9.39. The molecule has 0 saturated carbocycles. The summed E-state index contributed by atoms with van der Waals surface area (Å²) < 4.78 is 28.2. The zero-order valence-electron chi connectivity index (χ0n) is 16.5. The molecule has 3 rings (SSSR count). The van der Waals surface area contributed by atoms with Gasteiger partial charge in [0.2, 0.25) is 10.0 Å². The zero-order valence-corrected chi connectivity index (χ0v) is 18.1. The van der Waals surface area contributed by atoms with Crippen LogP contribution in [0.4, 0.5) is 0 Å². The molecular formula is C20H27N3O3S2. The van der Waals surface area contributed by atoms with Crippen LogP contribution in [0.3, 0.4) is 0 Å². The second kappa shape index (κ2) is 8.73. The maximum atomic E-state index is 13.3. The fourth-order valence-corrected chi connectivity index (χ4v) is 6.46. The lowest BCUT2D eigenvalue weighted by Crippen LogP contribution is -2.38. The molecule has 152 valence electrons. The second-order valence-electron chi connectivity index (χ2n) is 7.33. The highest BCUT2D eigenvalue weighted by Crippen LogP contribution is 2.36. The van der Waals surface area contributed by atoms with Gasteiger partial charge in [0.1, 0.15) is 0 Å². The molecule has 6 nitrogen and oxygen atoms in total. The monoisotopic (exact) mass is 421 g/mol. The zero-order chi connectivity index (χ0) is 20.3. The van der Waals surface area contributed by atoms with Crippen LogP contribution in [0.1, 0.15) is 46.1 Å². The van der Waals surface area contributed by atoms with E-state index in [0.717, 1.165) is 42.7 Å². The van der Waals surface area contributed by atoms with E-state index in [0.29, 0.717) is 11.4 Å². The van der Waals surface area contributed by atoms with E-state index in [1.54, 1.807) is 9.69 Å². The number of hydrogen-bond acceptors (Lipinski definition) is 5. The molecule has 0 radical (unpaired) electrons. The molecule has 2 aromatic rings. The largest absolute Gasteiger partial charge is 0.354 e. The Morgan fingerprint density at radius 2 is 1.96 bits per heavy atom. The van der Waals surface area contributed by atoms with E-state index >= 15 is 0 Å². The van der Waals surface area contributed by atoms with Gasteiger partial charge in [0.25, 0.3) is 5.91 Å². The van der Waals surface area contributed by atoms with Gasteiger partial charge in [-0.3, -0.25) is 4.79 Å². The molecular weight excluding hydrogens is 394 g/mol. The standard InChI is InChI=1S/C20H27N3O3S2/c1-21-20(24)19-12-17(14-27-19)28(25,26)23-11-5-4-6-18(23)16-9-7-15(8-10-16)13-22(2)3/h7-10,12,14,18H,4-6,11,13H2,1-3H3,(H,21,24). The van der Waals surface area contributed by atoms with Crippen LogP contribution >= 0.6 is 11.3 Å². The molecule has 1 fully saturated rings. The summed E-state index contributed by atoms with van der Waals surface area (Å²) in [6.07, 6.45) is 2.66. The van der Waals surface area contributed by atoms with Crippen molar-refractivity contribution in [3.8, 4) is 0 Å². The van der Waals surface area contributed by atoms with Crippen LogP contribution in [0.5, 0.6) is 0 Å². The minimum Gasteiger partial charge on any atom is -0.354 e. The molecule has 28 heavy (non-hydrogen) atoms. The number of thiophene rings is 1. The first-order valence-corrected chi connectivity index (χ1v) is 11.7. The number of piperidine rings is 1. The number of sulfonamides is 1. The van der Waals surface area contributed by atoms with E-state index in [-0.39, 0.29) is 16.8 Å². The quantitative estimate of drug-likeness (QED) is 0.778. The van der Waals surface area contributed by atoms with Crippen LogP contribution in [0, 0.1) is 0 Å². The van der Waals surface area contributed by atoms with Crippen molar-refractivity contribution in [2.24, 2.45) is 0 Å². The molecule has 1 aliphatic rings. The number of benzene rings is 1. The molecule has 2 heterocycles. The molecule has 1 saturated heterocycles. The molecule has 0 aliphatic carbocycles. The Morgan fingerprint density at radius 1 is 1.25 bits per heavy atom. The Balaban J connectivity index is 1.88. The number of hydrogen-bond donors (Lipinski definition) is 1. The predicted molar refractivity (Wildman–Crippen MR) is 112 cm³/mol. The fraction of sp³-hybridized carbons (Fsp3) is 0.450. The summed E-state index contributed by atoms with van der Waals surface area (Å²) in [7, 11) is 1.93. The molecule has 1 aliphatic heterocycles. The van der Waals surface area contributed by atoms with E-state index in [1.807, 2.05) is 26.2 Å². The van der Waals surface area contributed by atoms with E-state index < -0.39 is 10.0 Å². The van der Waals surface area contributed by atoms with Crippen molar-refractivity contribution in [3.63, 3.8) is 0 Å². The SMILES string of the molecule is CNC(=O)c1cc(S(=O)(=O)N2CCCCC2c2ccc(CN(C)C)cc2)cs1. The average Bonchev–Trinajstić information content (AvgIpc) is 3.19. The third kappa shape index (κ3) is 4.46. The van der Waals surface area contributed by atoms with E-state index in [1.165, 1.54) is 18.7 Å². The number of nitrogens with one attached hydrogen (secondary N) is 1. The van der Waals surface area contributed by atoms with Gasteiger partial charge in [-0.05, 0) is 44.1 Å². The Kier molecular flexibility index (Phi) is 6.54. The van der Waals surface area contributed by atoms with Gasteiger partial charge in [-0.25, -0.2) is 8.42 Å². The number of carbonyl (C=O) groups excluding carboxylic acids is 1. The van der Waals surface area contributed by atoms with Gasteiger partial charge in [0.05, 0.1) is 15.8 Å². The Morgan fingerprint density at radius 3 is 2.61 bits per heavy atom. The highest BCUT2D eigenvalue weighted by Gasteiger charge is 2.35. The van der Waals surface area contributed by atoms with Crippen LogP contribution in [0.25, 0.3) is 0 Å². The van der Waals surface area contributed by atoms with E-state index in [4.69, 9.17) is 0 Å². The summed E-state index contributed by atoms with van der Waals surface area (Å²) in [6.45, 7) is 1.35. The van der Waals surface area contributed by atoms with Crippen molar-refractivity contribution in [1.82, 2.24) is 14.5 Å². The molecule has 1 amide bonds. The van der Waals surface area contributed by atoms with Crippen LogP contribution in [0.15, 0.2) is 40.6 Å². The van der Waals surface area contributed by atoms with Crippen molar-refractivity contribution in [2.75, 3.05) is 27.7 Å². The number of amides is 1. The fourth-order valence-electron chi connectivity index (χ4n) is 3.57. The molecule has 0 bridgehead atoms.